The van der Waals surface area contributed by atoms with Gasteiger partial charge in [0.15, 0.2) is 0 Å². The highest BCUT2D eigenvalue weighted by Crippen LogP contribution is 2.41. The molecule has 0 bridgehead atoms. The van der Waals surface area contributed by atoms with Crippen LogP contribution in [-0.2, 0) is 29.5 Å². The smallest absolute Gasteiger partial charge is 0.221 e. The maximum atomic E-state index is 12.9. The van der Waals surface area contributed by atoms with Crippen LogP contribution in [0, 0.1) is 0 Å². The van der Waals surface area contributed by atoms with Crippen molar-refractivity contribution in [3.63, 3.8) is 0 Å². The molecule has 0 radical (unpaired) electrons. The van der Waals surface area contributed by atoms with Crippen LogP contribution in [0.25, 0.3) is 0 Å². The van der Waals surface area contributed by atoms with Crippen molar-refractivity contribution in [3.8, 4) is 0 Å². The molecule has 0 N–H and O–H groups in total. The molecule has 0 amide bonds. The van der Waals surface area contributed by atoms with Crippen LogP contribution in [-0.4, -0.2) is 40.2 Å². The molecule has 1 aromatic carbocycles. The fourth-order valence-electron chi connectivity index (χ4n) is 3.20. The Morgan fingerprint density at radius 1 is 0.700 bits per heavy atom. The number of rotatable bonds is 5. The van der Waals surface area contributed by atoms with Gasteiger partial charge in [-0.2, -0.15) is 26.3 Å². The van der Waals surface area contributed by atoms with Crippen molar-refractivity contribution in [2.45, 2.75) is 57.8 Å². The second kappa shape index (κ2) is 7.97. The first-order valence-corrected chi connectivity index (χ1v) is 13.0. The van der Waals surface area contributed by atoms with Crippen LogP contribution in [0.5, 0.6) is 0 Å². The summed E-state index contributed by atoms with van der Waals surface area (Å²) in [5.41, 5.74) is -12.6. The normalized spacial score (nSPS) is 18.0. The third-order valence-electron chi connectivity index (χ3n) is 4.69. The molecule has 0 aliphatic heterocycles. The summed E-state index contributed by atoms with van der Waals surface area (Å²) in [4.78, 5) is -1.28. The van der Waals surface area contributed by atoms with Gasteiger partial charge in [-0.05, 0) is 36.5 Å². The van der Waals surface area contributed by atoms with Crippen LogP contribution in [0.3, 0.4) is 0 Å². The number of hydrogen-bond acceptors (Lipinski definition) is 6. The molecule has 15 heteroatoms. The Morgan fingerprint density at radius 2 is 1.10 bits per heavy atom. The first-order valence-electron chi connectivity index (χ1n) is 8.38. The minimum atomic E-state index is -7.31. The summed E-state index contributed by atoms with van der Waals surface area (Å²) in [7, 11) is -20.8. The second-order valence-corrected chi connectivity index (χ2v) is 13.7. The van der Waals surface area contributed by atoms with E-state index >= 15 is 0 Å². The summed E-state index contributed by atoms with van der Waals surface area (Å²) in [6, 6.07) is 3.48. The van der Waals surface area contributed by atoms with Crippen LogP contribution in [0.1, 0.15) is 43.6 Å². The third-order valence-corrected chi connectivity index (χ3v) is 13.0. The van der Waals surface area contributed by atoms with Crippen LogP contribution < -0.4 is 0 Å². The van der Waals surface area contributed by atoms with Gasteiger partial charge in [-0.1, -0.05) is 31.4 Å². The molecule has 1 aliphatic carbocycles. The molecule has 0 heterocycles. The largest absolute Gasteiger partial charge is 0.499 e. The summed E-state index contributed by atoms with van der Waals surface area (Å²) in [6.45, 7) is 0. The van der Waals surface area contributed by atoms with E-state index in [-0.39, 0.29) is 5.92 Å². The molecular formula is C15H16F6O6S3. The minimum Gasteiger partial charge on any atom is -0.221 e. The van der Waals surface area contributed by atoms with Gasteiger partial charge in [0, 0.05) is 0 Å². The maximum absolute atomic E-state index is 12.9. The van der Waals surface area contributed by atoms with Gasteiger partial charge in [0.2, 0.25) is 9.84 Å². The van der Waals surface area contributed by atoms with E-state index in [0.29, 0.717) is 17.7 Å². The molecule has 0 spiro atoms. The van der Waals surface area contributed by atoms with Crippen LogP contribution in [0.4, 0.5) is 26.3 Å². The molecule has 1 aromatic rings. The molecular weight excluding hydrogens is 486 g/mol. The van der Waals surface area contributed by atoms with Crippen molar-refractivity contribution < 1.29 is 51.6 Å². The monoisotopic (exact) mass is 502 g/mol. The molecule has 1 saturated carbocycles. The third kappa shape index (κ3) is 4.47. The number of alkyl halides is 6. The van der Waals surface area contributed by atoms with E-state index < -0.39 is 49.3 Å². The van der Waals surface area contributed by atoms with Gasteiger partial charge in [0.05, 0.1) is 4.90 Å². The Kier molecular flexibility index (Phi) is 6.62. The highest BCUT2D eigenvalue weighted by molar-refractivity contribution is 8.24. The van der Waals surface area contributed by atoms with Crippen LogP contribution in [0.15, 0.2) is 29.2 Å². The number of hydrogen-bond donors (Lipinski definition) is 0. The lowest BCUT2D eigenvalue weighted by molar-refractivity contribution is -0.0462. The zero-order valence-corrected chi connectivity index (χ0v) is 17.4. The lowest BCUT2D eigenvalue weighted by atomic mass is 9.84. The van der Waals surface area contributed by atoms with E-state index in [2.05, 4.69) is 0 Å². The van der Waals surface area contributed by atoms with E-state index in [4.69, 9.17) is 0 Å². The molecule has 172 valence electrons. The first-order chi connectivity index (χ1) is 13.4. The Hall–Kier alpha value is -1.35. The average molecular weight is 502 g/mol. The Balaban J connectivity index is 2.63. The van der Waals surface area contributed by atoms with Crippen LogP contribution in [0.2, 0.25) is 0 Å². The lowest BCUT2D eigenvalue weighted by Crippen LogP contribution is -2.49. The van der Waals surface area contributed by atoms with Gasteiger partial charge in [0.25, 0.3) is 23.6 Å². The lowest BCUT2D eigenvalue weighted by Gasteiger charge is -2.23. The summed E-state index contributed by atoms with van der Waals surface area (Å²) in [5, 5.41) is 0. The summed E-state index contributed by atoms with van der Waals surface area (Å²) >= 11 is 0. The van der Waals surface area contributed by atoms with Crippen molar-refractivity contribution in [2.75, 3.05) is 0 Å². The number of benzene rings is 1. The molecule has 0 saturated heterocycles. The molecule has 2 rings (SSSR count). The van der Waals surface area contributed by atoms with E-state index in [1.165, 1.54) is 0 Å². The summed E-state index contributed by atoms with van der Waals surface area (Å²) in [5.74, 6) is -0.0101. The van der Waals surface area contributed by atoms with E-state index in [1.807, 2.05) is 0 Å². The quantitative estimate of drug-likeness (QED) is 0.570. The molecule has 0 unspecified atom stereocenters. The minimum absolute atomic E-state index is 0.0101. The van der Waals surface area contributed by atoms with Crippen molar-refractivity contribution in [3.05, 3.63) is 29.8 Å². The Bertz CT molecular complexity index is 1040. The van der Waals surface area contributed by atoms with E-state index in [9.17, 15) is 51.6 Å². The Labute approximate surface area is 169 Å². The zero-order chi connectivity index (χ0) is 23.2. The van der Waals surface area contributed by atoms with Gasteiger partial charge < -0.3 is 0 Å². The highest BCUT2D eigenvalue weighted by atomic mass is 32.3. The second-order valence-electron chi connectivity index (χ2n) is 6.72. The SMILES string of the molecule is O=S(=O)(c1ccc(C2CCCCC2)cc1)C(S(=O)(=O)C(F)(F)F)S(=O)(=O)C(F)(F)F. The topological polar surface area (TPSA) is 102 Å². The predicted molar refractivity (Wildman–Crippen MR) is 93.2 cm³/mol. The van der Waals surface area contributed by atoms with Gasteiger partial charge in [-0.3, -0.25) is 0 Å². The van der Waals surface area contributed by atoms with Crippen molar-refractivity contribution in [1.29, 1.82) is 0 Å². The van der Waals surface area contributed by atoms with Gasteiger partial charge in [0.1, 0.15) is 0 Å². The van der Waals surface area contributed by atoms with E-state index in [1.54, 1.807) is 0 Å². The van der Waals surface area contributed by atoms with E-state index in [0.717, 1.165) is 44.2 Å². The number of sulfone groups is 3. The van der Waals surface area contributed by atoms with Gasteiger partial charge in [-0.25, -0.2) is 25.3 Å². The first kappa shape index (κ1) is 24.9. The zero-order valence-electron chi connectivity index (χ0n) is 14.9. The van der Waals surface area contributed by atoms with Crippen molar-refractivity contribution in [1.82, 2.24) is 0 Å². The highest BCUT2D eigenvalue weighted by Gasteiger charge is 2.68. The molecule has 0 atom stereocenters. The summed E-state index contributed by atoms with van der Waals surface area (Å²) in [6.07, 6.45) is 4.20. The Morgan fingerprint density at radius 3 is 1.47 bits per heavy atom. The van der Waals surface area contributed by atoms with Crippen LogP contribution >= 0.6 is 0 Å². The maximum Gasteiger partial charge on any atom is 0.499 e. The number of halogens is 6. The predicted octanol–water partition coefficient (Wildman–Crippen LogP) is 3.66. The molecule has 0 aromatic heterocycles. The fourth-order valence-corrected chi connectivity index (χ4v) is 10.3. The van der Waals surface area contributed by atoms with Gasteiger partial charge >= 0.3 is 11.0 Å². The molecule has 6 nitrogen and oxygen atoms in total. The van der Waals surface area contributed by atoms with Crippen molar-refractivity contribution >= 4 is 29.5 Å². The van der Waals surface area contributed by atoms with Gasteiger partial charge in [-0.15, -0.1) is 0 Å². The summed E-state index contributed by atoms with van der Waals surface area (Å²) < 4.78 is 144. The standard InChI is InChI=1S/C15H16F6O6S3/c16-14(17,18)29(24,25)13(30(26,27)15(19,20)21)28(22,23)12-8-6-11(7-9-12)10-4-2-1-3-5-10/h6-10,13H,1-5H2. The average Bonchev–Trinajstić information content (AvgIpc) is 2.60. The fraction of sp³-hybridized carbons (Fsp3) is 0.600. The van der Waals surface area contributed by atoms with Crippen molar-refractivity contribution in [2.24, 2.45) is 0 Å². The molecule has 1 aliphatic rings. The molecule has 1 fully saturated rings. The molecule has 30 heavy (non-hydrogen) atoms.